The molecule has 1 aliphatic rings. The number of hydrogen-bond donors (Lipinski definition) is 0. The first kappa shape index (κ1) is 8.10. The first-order valence-corrected chi connectivity index (χ1v) is 4.66. The molecule has 0 amide bonds. The van der Waals surface area contributed by atoms with Crippen LogP contribution in [-0.2, 0) is 0 Å². The molecule has 0 bridgehead atoms. The monoisotopic (exact) mass is 140 g/mol. The zero-order valence-corrected chi connectivity index (χ0v) is 7.78. The van der Waals surface area contributed by atoms with Crippen LogP contribution in [0.25, 0.3) is 0 Å². The van der Waals surface area contributed by atoms with Crippen molar-refractivity contribution in [2.75, 3.05) is 0 Å². The van der Waals surface area contributed by atoms with Gasteiger partial charge in [-0.25, -0.2) is 0 Å². The molecule has 3 unspecified atom stereocenters. The third kappa shape index (κ3) is 0.980. The minimum absolute atomic E-state index is 0.718. The topological polar surface area (TPSA) is 0 Å². The highest BCUT2D eigenvalue weighted by atomic mass is 14.6. The summed E-state index contributed by atoms with van der Waals surface area (Å²) in [6.07, 6.45) is 4.19. The predicted molar refractivity (Wildman–Crippen MR) is 46.0 cm³/mol. The SMILES string of the molecule is CCCC1C(C)C1(C)CC. The summed E-state index contributed by atoms with van der Waals surface area (Å²) in [4.78, 5) is 0. The van der Waals surface area contributed by atoms with E-state index in [1.165, 1.54) is 19.3 Å². The van der Waals surface area contributed by atoms with Crippen LogP contribution in [0.2, 0.25) is 0 Å². The Labute approximate surface area is 65.0 Å². The highest BCUT2D eigenvalue weighted by molar-refractivity contribution is 5.03. The summed E-state index contributed by atoms with van der Waals surface area (Å²) in [5.41, 5.74) is 0.718. The van der Waals surface area contributed by atoms with Gasteiger partial charge in [-0.2, -0.15) is 0 Å². The minimum atomic E-state index is 0.718. The lowest BCUT2D eigenvalue weighted by atomic mass is 10.0. The molecule has 1 rings (SSSR count). The molecule has 10 heavy (non-hydrogen) atoms. The van der Waals surface area contributed by atoms with Crippen LogP contribution in [0, 0.1) is 17.3 Å². The van der Waals surface area contributed by atoms with Crippen molar-refractivity contribution in [2.45, 2.75) is 47.0 Å². The quantitative estimate of drug-likeness (QED) is 0.563. The molecule has 1 saturated carbocycles. The Kier molecular flexibility index (Phi) is 2.07. The van der Waals surface area contributed by atoms with Gasteiger partial charge in [0, 0.05) is 0 Å². The van der Waals surface area contributed by atoms with E-state index in [9.17, 15) is 0 Å². The van der Waals surface area contributed by atoms with Crippen LogP contribution in [0.5, 0.6) is 0 Å². The maximum absolute atomic E-state index is 2.44. The largest absolute Gasteiger partial charge is 0.0654 e. The fourth-order valence-corrected chi connectivity index (χ4v) is 2.38. The van der Waals surface area contributed by atoms with Crippen molar-refractivity contribution in [2.24, 2.45) is 17.3 Å². The third-order valence-corrected chi connectivity index (χ3v) is 3.74. The van der Waals surface area contributed by atoms with Crippen LogP contribution in [-0.4, -0.2) is 0 Å². The van der Waals surface area contributed by atoms with Crippen LogP contribution >= 0.6 is 0 Å². The summed E-state index contributed by atoms with van der Waals surface area (Å²) >= 11 is 0. The van der Waals surface area contributed by atoms with E-state index in [1.54, 1.807) is 0 Å². The van der Waals surface area contributed by atoms with Crippen molar-refractivity contribution >= 4 is 0 Å². The van der Waals surface area contributed by atoms with Gasteiger partial charge in [0.05, 0.1) is 0 Å². The van der Waals surface area contributed by atoms with E-state index in [0.29, 0.717) is 0 Å². The Hall–Kier alpha value is 0. The lowest BCUT2D eigenvalue weighted by Crippen LogP contribution is -1.95. The molecule has 0 aromatic carbocycles. The van der Waals surface area contributed by atoms with E-state index in [1.807, 2.05) is 0 Å². The van der Waals surface area contributed by atoms with E-state index in [-0.39, 0.29) is 0 Å². The smallest absolute Gasteiger partial charge is 0.0269 e. The van der Waals surface area contributed by atoms with E-state index in [2.05, 4.69) is 27.7 Å². The molecule has 0 N–H and O–H groups in total. The summed E-state index contributed by atoms with van der Waals surface area (Å²) in [6, 6.07) is 0. The third-order valence-electron chi connectivity index (χ3n) is 3.74. The first-order valence-electron chi connectivity index (χ1n) is 4.66. The second-order valence-electron chi connectivity index (χ2n) is 4.04. The van der Waals surface area contributed by atoms with Gasteiger partial charge in [0.2, 0.25) is 0 Å². The molecule has 60 valence electrons. The summed E-state index contributed by atoms with van der Waals surface area (Å²) in [6.45, 7) is 9.47. The van der Waals surface area contributed by atoms with E-state index in [0.717, 1.165) is 17.3 Å². The number of rotatable bonds is 3. The molecule has 0 saturated heterocycles. The molecule has 1 fully saturated rings. The first-order chi connectivity index (χ1) is 4.66. The maximum atomic E-state index is 2.44. The maximum Gasteiger partial charge on any atom is -0.0269 e. The predicted octanol–water partition coefficient (Wildman–Crippen LogP) is 3.47. The van der Waals surface area contributed by atoms with E-state index in [4.69, 9.17) is 0 Å². The standard InChI is InChI=1S/C10H20/c1-5-7-9-8(3)10(9,4)6-2/h8-9H,5-7H2,1-4H3. The van der Waals surface area contributed by atoms with Crippen molar-refractivity contribution in [1.82, 2.24) is 0 Å². The Balaban J connectivity index is 2.39. The minimum Gasteiger partial charge on any atom is -0.0654 e. The zero-order valence-electron chi connectivity index (χ0n) is 7.78. The Morgan fingerprint density at radius 1 is 1.30 bits per heavy atom. The van der Waals surface area contributed by atoms with Crippen molar-refractivity contribution in [3.8, 4) is 0 Å². The van der Waals surface area contributed by atoms with Crippen molar-refractivity contribution in [3.05, 3.63) is 0 Å². The average Bonchev–Trinajstić information content (AvgIpc) is 2.43. The van der Waals surface area contributed by atoms with Crippen LogP contribution < -0.4 is 0 Å². The zero-order chi connectivity index (χ0) is 7.78. The Morgan fingerprint density at radius 3 is 2.20 bits per heavy atom. The molecular weight excluding hydrogens is 120 g/mol. The van der Waals surface area contributed by atoms with Crippen molar-refractivity contribution < 1.29 is 0 Å². The molecule has 0 spiro atoms. The molecule has 0 aromatic rings. The molecule has 0 aromatic heterocycles. The highest BCUT2D eigenvalue weighted by Gasteiger charge is 2.55. The van der Waals surface area contributed by atoms with Crippen molar-refractivity contribution in [3.63, 3.8) is 0 Å². The van der Waals surface area contributed by atoms with Crippen LogP contribution in [0.3, 0.4) is 0 Å². The van der Waals surface area contributed by atoms with Gasteiger partial charge in [-0.1, -0.05) is 40.5 Å². The molecule has 1 aliphatic carbocycles. The molecule has 0 aliphatic heterocycles. The summed E-state index contributed by atoms with van der Waals surface area (Å²) in [7, 11) is 0. The van der Waals surface area contributed by atoms with Crippen LogP contribution in [0.1, 0.15) is 47.0 Å². The van der Waals surface area contributed by atoms with Gasteiger partial charge >= 0.3 is 0 Å². The normalized spacial score (nSPS) is 45.6. The van der Waals surface area contributed by atoms with Crippen molar-refractivity contribution in [1.29, 1.82) is 0 Å². The lowest BCUT2D eigenvalue weighted by Gasteiger charge is -2.05. The van der Waals surface area contributed by atoms with Gasteiger partial charge < -0.3 is 0 Å². The fraction of sp³-hybridized carbons (Fsp3) is 1.00. The summed E-state index contributed by atoms with van der Waals surface area (Å²) < 4.78 is 0. The molecular formula is C10H20. The second-order valence-corrected chi connectivity index (χ2v) is 4.04. The Bertz CT molecular complexity index is 117. The fourth-order valence-electron chi connectivity index (χ4n) is 2.38. The van der Waals surface area contributed by atoms with E-state index < -0.39 is 0 Å². The number of hydrogen-bond acceptors (Lipinski definition) is 0. The summed E-state index contributed by atoms with van der Waals surface area (Å²) in [5, 5.41) is 0. The molecule has 3 atom stereocenters. The molecule has 0 heteroatoms. The molecule has 0 radical (unpaired) electrons. The molecule has 0 nitrogen and oxygen atoms in total. The van der Waals surface area contributed by atoms with Crippen LogP contribution in [0.15, 0.2) is 0 Å². The molecule has 0 heterocycles. The van der Waals surface area contributed by atoms with Gasteiger partial charge in [0.25, 0.3) is 0 Å². The van der Waals surface area contributed by atoms with Crippen LogP contribution in [0.4, 0.5) is 0 Å². The van der Waals surface area contributed by atoms with Gasteiger partial charge in [-0.3, -0.25) is 0 Å². The van der Waals surface area contributed by atoms with Gasteiger partial charge in [-0.05, 0) is 23.7 Å². The Morgan fingerprint density at radius 2 is 1.90 bits per heavy atom. The van der Waals surface area contributed by atoms with E-state index >= 15 is 0 Å². The second kappa shape index (κ2) is 2.56. The van der Waals surface area contributed by atoms with Gasteiger partial charge in [-0.15, -0.1) is 0 Å². The van der Waals surface area contributed by atoms with Gasteiger partial charge in [0.1, 0.15) is 0 Å². The lowest BCUT2D eigenvalue weighted by molar-refractivity contribution is 0.454. The van der Waals surface area contributed by atoms with Gasteiger partial charge in [0.15, 0.2) is 0 Å². The summed E-state index contributed by atoms with van der Waals surface area (Å²) in [5.74, 6) is 2.04. The highest BCUT2D eigenvalue weighted by Crippen LogP contribution is 2.62. The average molecular weight is 140 g/mol.